The van der Waals surface area contributed by atoms with Gasteiger partial charge >= 0.3 is 5.97 Å². The van der Waals surface area contributed by atoms with E-state index in [1.807, 2.05) is 31.0 Å². The second-order valence-electron chi connectivity index (χ2n) is 4.60. The van der Waals surface area contributed by atoms with Crippen molar-refractivity contribution >= 4 is 11.7 Å². The first-order chi connectivity index (χ1) is 7.41. The molecule has 0 aliphatic heterocycles. The summed E-state index contributed by atoms with van der Waals surface area (Å²) in [6, 6.07) is 5.42. The number of aromatic carboxylic acids is 1. The quantitative estimate of drug-likeness (QED) is 0.850. The highest BCUT2D eigenvalue weighted by atomic mass is 16.4. The largest absolute Gasteiger partial charge is 0.478 e. The Balaban J connectivity index is 3.09. The molecular weight excluding hydrogens is 202 g/mol. The van der Waals surface area contributed by atoms with Crippen molar-refractivity contribution in [1.29, 1.82) is 0 Å². The van der Waals surface area contributed by atoms with Gasteiger partial charge in [-0.25, -0.2) is 4.79 Å². The summed E-state index contributed by atoms with van der Waals surface area (Å²) < 4.78 is 0. The Hall–Kier alpha value is -1.51. The lowest BCUT2D eigenvalue weighted by Crippen LogP contribution is -2.24. The van der Waals surface area contributed by atoms with Gasteiger partial charge in [0.2, 0.25) is 0 Å². The minimum absolute atomic E-state index is 0.369. The molecular formula is C13H19NO2. The molecule has 1 aromatic carbocycles. The third kappa shape index (κ3) is 2.99. The van der Waals surface area contributed by atoms with Gasteiger partial charge < -0.3 is 10.0 Å². The van der Waals surface area contributed by atoms with Gasteiger partial charge in [0.1, 0.15) is 0 Å². The van der Waals surface area contributed by atoms with Crippen LogP contribution in [-0.2, 0) is 0 Å². The lowest BCUT2D eigenvalue weighted by atomic mass is 10.1. The number of carboxylic acids is 1. The average Bonchev–Trinajstić information content (AvgIpc) is 2.15. The first-order valence-corrected chi connectivity index (χ1v) is 5.47. The number of carbonyl (C=O) groups is 1. The van der Waals surface area contributed by atoms with Crippen molar-refractivity contribution < 1.29 is 9.90 Å². The molecule has 88 valence electrons. The zero-order valence-corrected chi connectivity index (χ0v) is 10.3. The molecule has 1 rings (SSSR count). The molecule has 3 heteroatoms. The van der Waals surface area contributed by atoms with Gasteiger partial charge in [0.15, 0.2) is 0 Å². The molecule has 0 amide bonds. The van der Waals surface area contributed by atoms with Crippen molar-refractivity contribution in [3.8, 4) is 0 Å². The highest BCUT2D eigenvalue weighted by molar-refractivity contribution is 5.94. The Bertz CT molecular complexity index is 386. The first kappa shape index (κ1) is 12.6. The van der Waals surface area contributed by atoms with Crippen LogP contribution in [-0.4, -0.2) is 24.7 Å². The zero-order valence-electron chi connectivity index (χ0n) is 10.3. The summed E-state index contributed by atoms with van der Waals surface area (Å²) in [5.41, 5.74) is 2.24. The molecule has 1 N–H and O–H groups in total. The monoisotopic (exact) mass is 221 g/mol. The topological polar surface area (TPSA) is 40.5 Å². The average molecular weight is 221 g/mol. The lowest BCUT2D eigenvalue weighted by molar-refractivity contribution is 0.0697. The van der Waals surface area contributed by atoms with E-state index < -0.39 is 5.97 Å². The molecule has 3 nitrogen and oxygen atoms in total. The fourth-order valence-electron chi connectivity index (χ4n) is 1.78. The van der Waals surface area contributed by atoms with Crippen LogP contribution in [0.3, 0.4) is 0 Å². The molecule has 0 aromatic heterocycles. The Morgan fingerprint density at radius 1 is 1.44 bits per heavy atom. The summed E-state index contributed by atoms with van der Waals surface area (Å²) in [5, 5.41) is 9.11. The molecule has 0 spiro atoms. The second-order valence-corrected chi connectivity index (χ2v) is 4.60. The van der Waals surface area contributed by atoms with E-state index in [-0.39, 0.29) is 0 Å². The number of aryl methyl sites for hydroxylation is 1. The van der Waals surface area contributed by atoms with Crippen molar-refractivity contribution in [2.24, 2.45) is 5.92 Å². The molecule has 0 heterocycles. The van der Waals surface area contributed by atoms with Gasteiger partial charge in [0.25, 0.3) is 0 Å². The highest BCUT2D eigenvalue weighted by Gasteiger charge is 2.14. The molecule has 16 heavy (non-hydrogen) atoms. The number of hydrogen-bond donors (Lipinski definition) is 1. The molecule has 0 atom stereocenters. The molecule has 0 saturated heterocycles. The van der Waals surface area contributed by atoms with Crippen LogP contribution in [0.2, 0.25) is 0 Å². The van der Waals surface area contributed by atoms with Crippen LogP contribution in [0.1, 0.15) is 29.8 Å². The number of hydrogen-bond acceptors (Lipinski definition) is 2. The molecule has 1 aromatic rings. The van der Waals surface area contributed by atoms with Crippen molar-refractivity contribution in [1.82, 2.24) is 0 Å². The molecule has 0 aliphatic rings. The van der Waals surface area contributed by atoms with Gasteiger partial charge in [0.05, 0.1) is 11.3 Å². The zero-order chi connectivity index (χ0) is 12.3. The molecule has 0 bridgehead atoms. The van der Waals surface area contributed by atoms with Gasteiger partial charge in [-0.2, -0.15) is 0 Å². The van der Waals surface area contributed by atoms with Crippen LogP contribution < -0.4 is 4.90 Å². The predicted molar refractivity (Wildman–Crippen MR) is 66.2 cm³/mol. The molecule has 0 saturated carbocycles. The van der Waals surface area contributed by atoms with Gasteiger partial charge in [-0.1, -0.05) is 19.9 Å². The van der Waals surface area contributed by atoms with Gasteiger partial charge in [-0.3, -0.25) is 0 Å². The standard InChI is InChI=1S/C13H19NO2/c1-9(2)8-14(4)12-7-10(3)5-6-11(12)13(15)16/h5-7,9H,8H2,1-4H3,(H,15,16). The Labute approximate surface area is 96.7 Å². The van der Waals surface area contributed by atoms with Crippen LogP contribution in [0.5, 0.6) is 0 Å². The number of anilines is 1. The predicted octanol–water partition coefficient (Wildman–Crippen LogP) is 2.79. The van der Waals surface area contributed by atoms with Gasteiger partial charge in [-0.05, 0) is 30.5 Å². The number of carboxylic acid groups (broad SMARTS) is 1. The summed E-state index contributed by atoms with van der Waals surface area (Å²) in [4.78, 5) is 13.1. The van der Waals surface area contributed by atoms with Gasteiger partial charge in [-0.15, -0.1) is 0 Å². The summed E-state index contributed by atoms with van der Waals surface area (Å²) in [6.45, 7) is 7.06. The van der Waals surface area contributed by atoms with E-state index in [1.54, 1.807) is 6.07 Å². The van der Waals surface area contributed by atoms with E-state index in [1.165, 1.54) is 0 Å². The van der Waals surface area contributed by atoms with E-state index >= 15 is 0 Å². The van der Waals surface area contributed by atoms with Crippen LogP contribution >= 0.6 is 0 Å². The first-order valence-electron chi connectivity index (χ1n) is 5.47. The van der Waals surface area contributed by atoms with E-state index in [2.05, 4.69) is 13.8 Å². The number of nitrogens with zero attached hydrogens (tertiary/aromatic N) is 1. The van der Waals surface area contributed by atoms with Crippen molar-refractivity contribution in [2.75, 3.05) is 18.5 Å². The number of rotatable bonds is 4. The van der Waals surface area contributed by atoms with Crippen molar-refractivity contribution in [3.63, 3.8) is 0 Å². The highest BCUT2D eigenvalue weighted by Crippen LogP contribution is 2.22. The minimum Gasteiger partial charge on any atom is -0.478 e. The SMILES string of the molecule is Cc1ccc(C(=O)O)c(N(C)CC(C)C)c1. The summed E-state index contributed by atoms with van der Waals surface area (Å²) >= 11 is 0. The summed E-state index contributed by atoms with van der Waals surface area (Å²) in [5.74, 6) is -0.363. The van der Waals surface area contributed by atoms with Crippen LogP contribution in [0.4, 0.5) is 5.69 Å². The lowest BCUT2D eigenvalue weighted by Gasteiger charge is -2.23. The second kappa shape index (κ2) is 5.01. The smallest absolute Gasteiger partial charge is 0.337 e. The third-order valence-corrected chi connectivity index (χ3v) is 2.43. The normalized spacial score (nSPS) is 10.6. The maximum Gasteiger partial charge on any atom is 0.337 e. The molecule has 0 radical (unpaired) electrons. The van der Waals surface area contributed by atoms with E-state index in [0.717, 1.165) is 17.8 Å². The number of benzene rings is 1. The van der Waals surface area contributed by atoms with Crippen LogP contribution in [0.25, 0.3) is 0 Å². The molecule has 0 fully saturated rings. The van der Waals surface area contributed by atoms with Crippen LogP contribution in [0.15, 0.2) is 18.2 Å². The Kier molecular flexibility index (Phi) is 3.93. The third-order valence-electron chi connectivity index (χ3n) is 2.43. The fraction of sp³-hybridized carbons (Fsp3) is 0.462. The Morgan fingerprint density at radius 3 is 2.56 bits per heavy atom. The van der Waals surface area contributed by atoms with Crippen molar-refractivity contribution in [3.05, 3.63) is 29.3 Å². The van der Waals surface area contributed by atoms with E-state index in [9.17, 15) is 4.79 Å². The summed E-state index contributed by atoms with van der Waals surface area (Å²) in [7, 11) is 1.93. The fourth-order valence-corrected chi connectivity index (χ4v) is 1.78. The summed E-state index contributed by atoms with van der Waals surface area (Å²) in [6.07, 6.45) is 0. The van der Waals surface area contributed by atoms with Gasteiger partial charge in [0, 0.05) is 13.6 Å². The maximum absolute atomic E-state index is 11.1. The van der Waals surface area contributed by atoms with Crippen LogP contribution in [0, 0.1) is 12.8 Å². The van der Waals surface area contributed by atoms with E-state index in [0.29, 0.717) is 11.5 Å². The molecule has 0 aliphatic carbocycles. The minimum atomic E-state index is -0.870. The Morgan fingerprint density at radius 2 is 2.06 bits per heavy atom. The maximum atomic E-state index is 11.1. The molecule has 0 unspecified atom stereocenters. The van der Waals surface area contributed by atoms with E-state index in [4.69, 9.17) is 5.11 Å². The van der Waals surface area contributed by atoms with Crippen molar-refractivity contribution in [2.45, 2.75) is 20.8 Å².